The second kappa shape index (κ2) is 3.68. The summed E-state index contributed by atoms with van der Waals surface area (Å²) in [7, 11) is 0. The maximum absolute atomic E-state index is 12.2. The zero-order valence-electron chi connectivity index (χ0n) is 12.3. The van der Waals surface area contributed by atoms with Gasteiger partial charge in [0.05, 0.1) is 17.8 Å². The fourth-order valence-corrected chi connectivity index (χ4v) is 7.69. The van der Waals surface area contributed by atoms with E-state index in [2.05, 4.69) is 0 Å². The number of cyclic esters (lactones) is 4. The van der Waals surface area contributed by atoms with Crippen molar-refractivity contribution in [2.75, 3.05) is 0 Å². The predicted octanol–water partition coefficient (Wildman–Crippen LogP) is 0.540. The van der Waals surface area contributed by atoms with Crippen LogP contribution in [0.15, 0.2) is 0 Å². The van der Waals surface area contributed by atoms with E-state index in [9.17, 15) is 19.2 Å². The zero-order valence-corrected chi connectivity index (χ0v) is 12.3. The van der Waals surface area contributed by atoms with Crippen LogP contribution in [0.25, 0.3) is 0 Å². The molecule has 6 fully saturated rings. The lowest BCUT2D eigenvalue weighted by molar-refractivity contribution is -0.176. The maximum atomic E-state index is 12.2. The smallest absolute Gasteiger partial charge is 0.317 e. The first-order chi connectivity index (χ1) is 11.1. The molecule has 2 aliphatic heterocycles. The Hall–Kier alpha value is -1.72. The Labute approximate surface area is 131 Å². The molecule has 0 radical (unpaired) electrons. The molecule has 6 heteroatoms. The molecule has 0 aromatic rings. The van der Waals surface area contributed by atoms with Gasteiger partial charge in [-0.15, -0.1) is 0 Å². The Morgan fingerprint density at radius 3 is 1.83 bits per heavy atom. The SMILES string of the molecule is O=C1CC2C3CC(C4C5CC(C6C(=O)OC(=O)C56)C34)[C@@H]2C(=O)O1. The van der Waals surface area contributed by atoms with E-state index in [0.29, 0.717) is 24.2 Å². The van der Waals surface area contributed by atoms with E-state index in [0.717, 1.165) is 12.8 Å². The third-order valence-electron chi connectivity index (χ3n) is 7.93. The lowest BCUT2D eigenvalue weighted by Crippen LogP contribution is -2.49. The van der Waals surface area contributed by atoms with Gasteiger partial charge < -0.3 is 9.47 Å². The van der Waals surface area contributed by atoms with Crippen LogP contribution >= 0.6 is 0 Å². The number of hydrogen-bond donors (Lipinski definition) is 0. The largest absolute Gasteiger partial charge is 0.393 e. The molecule has 0 amide bonds. The fraction of sp³-hybridized carbons (Fsp3) is 0.765. The van der Waals surface area contributed by atoms with Crippen molar-refractivity contribution in [3.63, 3.8) is 0 Å². The number of ether oxygens (including phenoxy) is 2. The summed E-state index contributed by atoms with van der Waals surface area (Å²) < 4.78 is 9.78. The van der Waals surface area contributed by atoms with Crippen molar-refractivity contribution in [3.05, 3.63) is 0 Å². The molecular weight excluding hydrogens is 300 g/mol. The molecule has 0 spiro atoms. The van der Waals surface area contributed by atoms with Crippen molar-refractivity contribution in [2.24, 2.45) is 59.2 Å². The van der Waals surface area contributed by atoms with Crippen LogP contribution in [0.3, 0.4) is 0 Å². The minimum atomic E-state index is -0.406. The van der Waals surface area contributed by atoms with Crippen LogP contribution in [0.2, 0.25) is 0 Å². The van der Waals surface area contributed by atoms with Gasteiger partial charge in [0.2, 0.25) is 0 Å². The molecule has 6 nitrogen and oxygen atoms in total. The maximum Gasteiger partial charge on any atom is 0.317 e. The normalized spacial score (nSPS) is 58.1. The number of fused-ring (bicyclic) bond motifs is 15. The highest BCUT2D eigenvalue weighted by Crippen LogP contribution is 2.74. The standard InChI is InChI=1S/C17H16O6/c18-9-3-5-4-1-6(12(5)15(19)22-9)11-8-2-7(10(4)11)13-14(8)17(21)23-16(13)20/h4-8,10-14H,1-3H2/t4?,5?,6?,7?,8?,10?,11?,12-,13?,14?/m1/s1. The monoisotopic (exact) mass is 316 g/mol. The molecule has 10 atom stereocenters. The van der Waals surface area contributed by atoms with Crippen LogP contribution in [-0.4, -0.2) is 23.9 Å². The molecule has 4 saturated carbocycles. The van der Waals surface area contributed by atoms with Crippen LogP contribution in [0, 0.1) is 59.2 Å². The van der Waals surface area contributed by atoms with E-state index < -0.39 is 5.97 Å². The Balaban J connectivity index is 1.42. The first-order valence-corrected chi connectivity index (χ1v) is 8.56. The first kappa shape index (κ1) is 12.7. The van der Waals surface area contributed by atoms with Gasteiger partial charge in [0.1, 0.15) is 0 Å². The summed E-state index contributed by atoms with van der Waals surface area (Å²) in [6.45, 7) is 0. The summed E-state index contributed by atoms with van der Waals surface area (Å²) in [5.41, 5.74) is 0. The summed E-state index contributed by atoms with van der Waals surface area (Å²) in [5, 5.41) is 0. The van der Waals surface area contributed by atoms with Gasteiger partial charge in [-0.25, -0.2) is 0 Å². The van der Waals surface area contributed by atoms with Gasteiger partial charge in [0.25, 0.3) is 0 Å². The van der Waals surface area contributed by atoms with Gasteiger partial charge in [0.15, 0.2) is 0 Å². The average Bonchev–Trinajstić information content (AvgIpc) is 3.23. The average molecular weight is 316 g/mol. The highest BCUT2D eigenvalue weighted by Gasteiger charge is 2.75. The fourth-order valence-electron chi connectivity index (χ4n) is 7.69. The van der Waals surface area contributed by atoms with Crippen LogP contribution < -0.4 is 0 Å². The second-order valence-electron chi connectivity index (χ2n) is 8.26. The quantitative estimate of drug-likeness (QED) is 0.368. The number of carbonyl (C=O) groups excluding carboxylic acids is 4. The van der Waals surface area contributed by atoms with Gasteiger partial charge in [-0.05, 0) is 54.3 Å². The van der Waals surface area contributed by atoms with E-state index in [-0.39, 0.29) is 59.3 Å². The highest BCUT2D eigenvalue weighted by molar-refractivity contribution is 5.98. The zero-order chi connectivity index (χ0) is 15.6. The lowest BCUT2D eigenvalue weighted by atomic mass is 9.58. The van der Waals surface area contributed by atoms with Crippen LogP contribution in [0.5, 0.6) is 0 Å². The molecule has 9 unspecified atom stereocenters. The summed E-state index contributed by atoms with van der Waals surface area (Å²) in [5.74, 6) is -0.475. The Morgan fingerprint density at radius 2 is 1.13 bits per heavy atom. The molecule has 2 heterocycles. The lowest BCUT2D eigenvalue weighted by Gasteiger charge is -2.45. The van der Waals surface area contributed by atoms with Crippen molar-refractivity contribution in [1.29, 1.82) is 0 Å². The van der Waals surface area contributed by atoms with Crippen molar-refractivity contribution < 1.29 is 28.7 Å². The van der Waals surface area contributed by atoms with Crippen LogP contribution in [-0.2, 0) is 28.7 Å². The third kappa shape index (κ3) is 1.23. The minimum Gasteiger partial charge on any atom is -0.393 e. The Kier molecular flexibility index (Phi) is 2.03. The molecule has 120 valence electrons. The summed E-state index contributed by atoms with van der Waals surface area (Å²) >= 11 is 0. The third-order valence-corrected chi connectivity index (χ3v) is 7.93. The van der Waals surface area contributed by atoms with E-state index in [1.807, 2.05) is 0 Å². The topological polar surface area (TPSA) is 86.7 Å². The molecule has 23 heavy (non-hydrogen) atoms. The van der Waals surface area contributed by atoms with Crippen LogP contribution in [0.4, 0.5) is 0 Å². The number of hydrogen-bond acceptors (Lipinski definition) is 6. The summed E-state index contributed by atoms with van der Waals surface area (Å²) in [6.07, 6.45) is 2.18. The Morgan fingerprint density at radius 1 is 0.609 bits per heavy atom. The summed E-state index contributed by atoms with van der Waals surface area (Å²) in [6, 6.07) is 0. The second-order valence-corrected chi connectivity index (χ2v) is 8.26. The predicted molar refractivity (Wildman–Crippen MR) is 70.9 cm³/mol. The highest BCUT2D eigenvalue weighted by atomic mass is 16.6. The number of rotatable bonds is 0. The van der Waals surface area contributed by atoms with Gasteiger partial charge in [-0.3, -0.25) is 19.2 Å². The summed E-state index contributed by atoms with van der Waals surface area (Å²) in [4.78, 5) is 48.0. The van der Waals surface area contributed by atoms with E-state index in [4.69, 9.17) is 9.47 Å². The van der Waals surface area contributed by atoms with Crippen LogP contribution in [0.1, 0.15) is 19.3 Å². The van der Waals surface area contributed by atoms with Gasteiger partial charge in [0, 0.05) is 6.42 Å². The molecule has 2 saturated heterocycles. The van der Waals surface area contributed by atoms with Gasteiger partial charge in [-0.2, -0.15) is 0 Å². The number of carbonyl (C=O) groups is 4. The van der Waals surface area contributed by atoms with Gasteiger partial charge in [-0.1, -0.05) is 0 Å². The van der Waals surface area contributed by atoms with Crippen molar-refractivity contribution in [3.8, 4) is 0 Å². The molecule has 0 aromatic heterocycles. The molecule has 0 N–H and O–H groups in total. The molecule has 4 aliphatic carbocycles. The van der Waals surface area contributed by atoms with E-state index >= 15 is 0 Å². The van der Waals surface area contributed by atoms with E-state index in [1.165, 1.54) is 0 Å². The van der Waals surface area contributed by atoms with Crippen molar-refractivity contribution >= 4 is 23.9 Å². The van der Waals surface area contributed by atoms with Crippen molar-refractivity contribution in [1.82, 2.24) is 0 Å². The molecular formula is C17H16O6. The molecule has 0 aromatic carbocycles. The van der Waals surface area contributed by atoms with E-state index in [1.54, 1.807) is 0 Å². The molecule has 6 aliphatic rings. The Bertz CT molecular complexity index is 697. The molecule has 6 rings (SSSR count). The van der Waals surface area contributed by atoms with Crippen molar-refractivity contribution in [2.45, 2.75) is 19.3 Å². The molecule has 4 bridgehead atoms. The minimum absolute atomic E-state index is 0.0842. The first-order valence-electron chi connectivity index (χ1n) is 8.56. The number of esters is 4. The van der Waals surface area contributed by atoms with Gasteiger partial charge >= 0.3 is 23.9 Å².